The first-order valence-electron chi connectivity index (χ1n) is 9.99. The average molecular weight is 446 g/mol. The molecule has 0 aliphatic heterocycles. The lowest BCUT2D eigenvalue weighted by Gasteiger charge is -2.04. The summed E-state index contributed by atoms with van der Waals surface area (Å²) >= 11 is 4.38. The predicted octanol–water partition coefficient (Wildman–Crippen LogP) is 7.45. The molecule has 0 aliphatic carbocycles. The van der Waals surface area contributed by atoms with E-state index in [4.69, 9.17) is 0 Å². The molecule has 0 saturated heterocycles. The van der Waals surface area contributed by atoms with Crippen LogP contribution in [-0.4, -0.2) is 5.16 Å². The van der Waals surface area contributed by atoms with Crippen molar-refractivity contribution in [2.75, 3.05) is 0 Å². The maximum Gasteiger partial charge on any atom is 0.153 e. The van der Waals surface area contributed by atoms with Crippen molar-refractivity contribution in [1.82, 2.24) is 0 Å². The van der Waals surface area contributed by atoms with Gasteiger partial charge in [-0.05, 0) is 66.2 Å². The molecule has 3 rings (SSSR count). The Morgan fingerprint density at radius 3 is 2.06 bits per heavy atom. The van der Waals surface area contributed by atoms with Gasteiger partial charge in [0.2, 0.25) is 0 Å². The number of thiocarbonyl (C=S) groups is 1. The molecule has 0 radical (unpaired) electrons. The molecule has 0 spiro atoms. The lowest BCUT2D eigenvalue weighted by molar-refractivity contribution is 0.587. The first kappa shape index (κ1) is 23.0. The number of aliphatic imine (C=N–C) groups is 1. The Hall–Kier alpha value is -3.63. The van der Waals surface area contributed by atoms with Crippen molar-refractivity contribution >= 4 is 23.1 Å². The molecule has 3 aromatic carbocycles. The van der Waals surface area contributed by atoms with E-state index in [1.54, 1.807) is 18.2 Å². The van der Waals surface area contributed by atoms with Crippen LogP contribution in [0.5, 0.6) is 0 Å². The van der Waals surface area contributed by atoms with Crippen LogP contribution in [0.15, 0.2) is 59.6 Å². The number of halogens is 3. The van der Waals surface area contributed by atoms with Crippen LogP contribution in [0.3, 0.4) is 0 Å². The molecular formula is C27H18F3NS. The van der Waals surface area contributed by atoms with Crippen LogP contribution in [0.25, 0.3) is 11.1 Å². The molecule has 0 aliphatic rings. The van der Waals surface area contributed by atoms with E-state index in [1.807, 2.05) is 23.4 Å². The number of hydrogen-bond acceptors (Lipinski definition) is 2. The van der Waals surface area contributed by atoms with Crippen LogP contribution in [0, 0.1) is 41.1 Å². The standard InChI is InChI=1S/C27H18F3NS/c1-2-3-4-5-6-22-13-14-23(17-24(22)28)21-11-9-19(10-12-21)7-8-20-15-25(29)27(31-18-32)26(30)16-20/h9-17H,2-4H2,1H3. The van der Waals surface area contributed by atoms with Crippen molar-refractivity contribution in [1.29, 1.82) is 0 Å². The molecule has 0 fully saturated rings. The Kier molecular flexibility index (Phi) is 8.01. The first-order chi connectivity index (χ1) is 15.5. The number of benzene rings is 3. The van der Waals surface area contributed by atoms with Crippen molar-refractivity contribution in [3.8, 4) is 34.8 Å². The Morgan fingerprint density at radius 1 is 0.781 bits per heavy atom. The zero-order valence-electron chi connectivity index (χ0n) is 17.3. The Balaban J connectivity index is 1.77. The van der Waals surface area contributed by atoms with Gasteiger partial charge in [0, 0.05) is 17.5 Å². The zero-order chi connectivity index (χ0) is 22.9. The number of rotatable bonds is 4. The van der Waals surface area contributed by atoms with Crippen molar-refractivity contribution in [3.05, 3.63) is 88.7 Å². The lowest BCUT2D eigenvalue weighted by Crippen LogP contribution is -1.87. The van der Waals surface area contributed by atoms with Gasteiger partial charge in [-0.15, -0.1) is 0 Å². The quantitative estimate of drug-likeness (QED) is 0.176. The van der Waals surface area contributed by atoms with Gasteiger partial charge in [-0.3, -0.25) is 0 Å². The lowest BCUT2D eigenvalue weighted by atomic mass is 10.0. The summed E-state index contributed by atoms with van der Waals surface area (Å²) < 4.78 is 42.2. The van der Waals surface area contributed by atoms with E-state index < -0.39 is 17.3 Å². The van der Waals surface area contributed by atoms with Gasteiger partial charge >= 0.3 is 0 Å². The second kappa shape index (κ2) is 11.1. The summed E-state index contributed by atoms with van der Waals surface area (Å²) in [6.45, 7) is 2.09. The Bertz CT molecular complexity index is 1280. The van der Waals surface area contributed by atoms with Gasteiger partial charge in [-0.2, -0.15) is 4.99 Å². The monoisotopic (exact) mass is 445 g/mol. The minimum Gasteiger partial charge on any atom is -0.206 e. The van der Waals surface area contributed by atoms with E-state index in [0.29, 0.717) is 11.1 Å². The summed E-state index contributed by atoms with van der Waals surface area (Å²) in [5.41, 5.74) is 2.26. The third-order valence-corrected chi connectivity index (χ3v) is 4.68. The predicted molar refractivity (Wildman–Crippen MR) is 125 cm³/mol. The molecule has 0 amide bonds. The molecule has 0 atom stereocenters. The number of unbranched alkanes of at least 4 members (excludes halogenated alkanes) is 2. The summed E-state index contributed by atoms with van der Waals surface area (Å²) in [7, 11) is 0. The number of isothiocyanates is 1. The highest BCUT2D eigenvalue weighted by atomic mass is 32.1. The minimum absolute atomic E-state index is 0.171. The Morgan fingerprint density at radius 2 is 1.44 bits per heavy atom. The van der Waals surface area contributed by atoms with Crippen LogP contribution in [0.4, 0.5) is 18.9 Å². The summed E-state index contributed by atoms with van der Waals surface area (Å²) in [5.74, 6) is 9.37. The van der Waals surface area contributed by atoms with Crippen LogP contribution in [0.1, 0.15) is 42.9 Å². The van der Waals surface area contributed by atoms with E-state index in [1.165, 1.54) is 6.07 Å². The molecule has 0 bridgehead atoms. The van der Waals surface area contributed by atoms with Crippen molar-refractivity contribution in [3.63, 3.8) is 0 Å². The number of nitrogens with zero attached hydrogens (tertiary/aromatic N) is 1. The maximum absolute atomic E-state index is 14.4. The van der Waals surface area contributed by atoms with Gasteiger partial charge in [0.25, 0.3) is 0 Å². The van der Waals surface area contributed by atoms with E-state index in [2.05, 4.69) is 47.8 Å². The molecule has 0 heterocycles. The van der Waals surface area contributed by atoms with Crippen LogP contribution < -0.4 is 0 Å². The second-order valence-electron chi connectivity index (χ2n) is 6.92. The summed E-state index contributed by atoms with van der Waals surface area (Å²) in [5, 5.41) is 1.94. The summed E-state index contributed by atoms with van der Waals surface area (Å²) in [6, 6.07) is 14.3. The van der Waals surface area contributed by atoms with E-state index in [0.717, 1.165) is 42.5 Å². The van der Waals surface area contributed by atoms with Gasteiger partial charge in [0.05, 0.1) is 10.7 Å². The van der Waals surface area contributed by atoms with E-state index in [-0.39, 0.29) is 11.4 Å². The van der Waals surface area contributed by atoms with Crippen LogP contribution in [0.2, 0.25) is 0 Å². The topological polar surface area (TPSA) is 12.4 Å². The second-order valence-corrected chi connectivity index (χ2v) is 7.10. The molecule has 5 heteroatoms. The van der Waals surface area contributed by atoms with Gasteiger partial charge in [-0.1, -0.05) is 55.2 Å². The van der Waals surface area contributed by atoms with Crippen molar-refractivity contribution < 1.29 is 13.2 Å². The summed E-state index contributed by atoms with van der Waals surface area (Å²) in [4.78, 5) is 3.37. The molecule has 0 saturated carbocycles. The van der Waals surface area contributed by atoms with Gasteiger partial charge in [0.15, 0.2) is 11.6 Å². The third-order valence-electron chi connectivity index (χ3n) is 4.59. The fraction of sp³-hybridized carbons (Fsp3) is 0.148. The highest BCUT2D eigenvalue weighted by Crippen LogP contribution is 2.24. The molecule has 3 aromatic rings. The normalized spacial score (nSPS) is 9.75. The van der Waals surface area contributed by atoms with Crippen molar-refractivity contribution in [2.45, 2.75) is 26.2 Å². The SMILES string of the molecule is CCCCC#Cc1ccc(-c2ccc(C#Cc3cc(F)c(N=C=S)c(F)c3)cc2)cc1F. The van der Waals surface area contributed by atoms with E-state index >= 15 is 0 Å². The molecule has 1 nitrogen and oxygen atoms in total. The molecule has 0 unspecified atom stereocenters. The van der Waals surface area contributed by atoms with E-state index in [9.17, 15) is 13.2 Å². The van der Waals surface area contributed by atoms with Crippen LogP contribution in [-0.2, 0) is 0 Å². The molecule has 0 N–H and O–H groups in total. The number of hydrogen-bond donors (Lipinski definition) is 0. The fourth-order valence-electron chi connectivity index (χ4n) is 2.90. The highest BCUT2D eigenvalue weighted by molar-refractivity contribution is 7.78. The third kappa shape index (κ3) is 5.96. The van der Waals surface area contributed by atoms with Crippen molar-refractivity contribution in [2.24, 2.45) is 4.99 Å². The van der Waals surface area contributed by atoms with Gasteiger partial charge in [0.1, 0.15) is 11.5 Å². The molecular weight excluding hydrogens is 427 g/mol. The van der Waals surface area contributed by atoms with Crippen LogP contribution >= 0.6 is 12.2 Å². The first-order valence-corrected chi connectivity index (χ1v) is 10.4. The minimum atomic E-state index is -0.859. The van der Waals surface area contributed by atoms with Gasteiger partial charge in [-0.25, -0.2) is 13.2 Å². The fourth-order valence-corrected chi connectivity index (χ4v) is 2.99. The molecule has 158 valence electrons. The molecule has 32 heavy (non-hydrogen) atoms. The summed E-state index contributed by atoms with van der Waals surface area (Å²) in [6.07, 6.45) is 2.81. The highest BCUT2D eigenvalue weighted by Gasteiger charge is 2.09. The zero-order valence-corrected chi connectivity index (χ0v) is 18.1. The Labute approximate surface area is 191 Å². The van der Waals surface area contributed by atoms with Gasteiger partial charge < -0.3 is 0 Å². The smallest absolute Gasteiger partial charge is 0.153 e. The molecule has 0 aromatic heterocycles. The maximum atomic E-state index is 14.4. The average Bonchev–Trinajstić information content (AvgIpc) is 2.79. The largest absolute Gasteiger partial charge is 0.206 e.